The minimum atomic E-state index is -0.742. The van der Waals surface area contributed by atoms with Gasteiger partial charge in [0.2, 0.25) is 0 Å². The lowest BCUT2D eigenvalue weighted by molar-refractivity contribution is 0.317. The van der Waals surface area contributed by atoms with Crippen LogP contribution in [0.1, 0.15) is 6.42 Å². The topological polar surface area (TPSA) is 47.3 Å². The van der Waals surface area contributed by atoms with Crippen LogP contribution in [-0.2, 0) is 4.52 Å². The highest BCUT2D eigenvalue weighted by Crippen LogP contribution is 2.23. The van der Waals surface area contributed by atoms with Gasteiger partial charge in [0.1, 0.15) is 0 Å². The Labute approximate surface area is 44.2 Å². The van der Waals surface area contributed by atoms with Crippen molar-refractivity contribution in [3.05, 3.63) is 0 Å². The molecule has 1 aliphatic rings. The van der Waals surface area contributed by atoms with E-state index in [1.165, 1.54) is 0 Å². The van der Waals surface area contributed by atoms with Gasteiger partial charge in [0.15, 0.2) is 8.45 Å². The maximum atomic E-state index is 5.37. The summed E-state index contributed by atoms with van der Waals surface area (Å²) in [7, 11) is -0.742. The van der Waals surface area contributed by atoms with E-state index >= 15 is 0 Å². The van der Waals surface area contributed by atoms with Crippen molar-refractivity contribution in [1.82, 2.24) is 5.09 Å². The lowest BCUT2D eigenvalue weighted by Crippen LogP contribution is -2.22. The predicted molar refractivity (Wildman–Crippen MR) is 29.7 cm³/mol. The average molecular weight is 120 g/mol. The molecule has 1 fully saturated rings. The van der Waals surface area contributed by atoms with Crippen molar-refractivity contribution in [2.45, 2.75) is 6.42 Å². The van der Waals surface area contributed by atoms with Crippen LogP contribution in [0.5, 0.6) is 0 Å². The molecule has 0 spiro atoms. The van der Waals surface area contributed by atoms with Gasteiger partial charge in [0, 0.05) is 6.54 Å². The molecular weight excluding hydrogens is 111 g/mol. The number of nitrogens with one attached hydrogen (secondary N) is 1. The summed E-state index contributed by atoms with van der Waals surface area (Å²) >= 11 is 0. The zero-order valence-electron chi connectivity index (χ0n) is 4.05. The van der Waals surface area contributed by atoms with Gasteiger partial charge in [-0.1, -0.05) is 0 Å². The number of hydrogen-bond donors (Lipinski definition) is 2. The molecule has 7 heavy (non-hydrogen) atoms. The largest absolute Gasteiger partial charge is 0.332 e. The Bertz CT molecular complexity index is 54.9. The molecule has 4 heteroatoms. The zero-order chi connectivity index (χ0) is 5.11. The minimum absolute atomic E-state index is 0.742. The van der Waals surface area contributed by atoms with Crippen LogP contribution in [0.15, 0.2) is 0 Å². The third-order valence-corrected chi connectivity index (χ3v) is 1.82. The molecule has 42 valence electrons. The molecule has 0 bridgehead atoms. The molecule has 0 aromatic rings. The zero-order valence-corrected chi connectivity index (χ0v) is 4.95. The van der Waals surface area contributed by atoms with Crippen molar-refractivity contribution in [1.29, 1.82) is 0 Å². The van der Waals surface area contributed by atoms with Crippen molar-refractivity contribution in [3.63, 3.8) is 0 Å². The van der Waals surface area contributed by atoms with E-state index in [4.69, 9.17) is 10.0 Å². The first-order chi connectivity index (χ1) is 3.39. The molecule has 0 saturated carbocycles. The van der Waals surface area contributed by atoms with Gasteiger partial charge in [-0.2, -0.15) is 0 Å². The Hall–Kier alpha value is 0.310. The fourth-order valence-electron chi connectivity index (χ4n) is 0.470. The standard InChI is InChI=1S/C3H9N2OP/c4-7-5-2-1-3-6-7/h5H,1-4H2. The molecule has 0 aliphatic carbocycles. The maximum absolute atomic E-state index is 5.37. The fraction of sp³-hybridized carbons (Fsp3) is 1.00. The van der Waals surface area contributed by atoms with Crippen molar-refractivity contribution in [2.75, 3.05) is 13.2 Å². The quantitative estimate of drug-likeness (QED) is 0.448. The van der Waals surface area contributed by atoms with Crippen LogP contribution in [0.2, 0.25) is 0 Å². The third kappa shape index (κ3) is 1.70. The summed E-state index contributed by atoms with van der Waals surface area (Å²) in [6, 6.07) is 0. The van der Waals surface area contributed by atoms with Crippen LogP contribution in [0.4, 0.5) is 0 Å². The van der Waals surface area contributed by atoms with Crippen molar-refractivity contribution in [3.8, 4) is 0 Å². The summed E-state index contributed by atoms with van der Waals surface area (Å²) < 4.78 is 5.01. The molecule has 1 unspecified atom stereocenters. The monoisotopic (exact) mass is 120 g/mol. The number of hydrogen-bond acceptors (Lipinski definition) is 3. The third-order valence-electron chi connectivity index (χ3n) is 0.819. The number of rotatable bonds is 0. The average Bonchev–Trinajstić information content (AvgIpc) is 1.69. The molecule has 3 N–H and O–H groups in total. The Morgan fingerprint density at radius 3 is 2.86 bits per heavy atom. The fourth-order valence-corrected chi connectivity index (χ4v) is 1.27. The summed E-state index contributed by atoms with van der Waals surface area (Å²) in [5.41, 5.74) is 5.37. The second-order valence-electron chi connectivity index (χ2n) is 1.42. The van der Waals surface area contributed by atoms with Gasteiger partial charge in [-0.05, 0) is 6.42 Å². The summed E-state index contributed by atoms with van der Waals surface area (Å²) in [5, 5.41) is 3.00. The van der Waals surface area contributed by atoms with Crippen LogP contribution in [0.25, 0.3) is 0 Å². The van der Waals surface area contributed by atoms with E-state index < -0.39 is 8.45 Å². The Morgan fingerprint density at radius 1 is 1.71 bits per heavy atom. The lowest BCUT2D eigenvalue weighted by Gasteiger charge is -2.17. The molecule has 0 aromatic heterocycles. The van der Waals surface area contributed by atoms with Gasteiger partial charge in [-0.15, -0.1) is 0 Å². The minimum Gasteiger partial charge on any atom is -0.332 e. The van der Waals surface area contributed by atoms with E-state index in [1.54, 1.807) is 0 Å². The molecule has 0 aromatic carbocycles. The first-order valence-corrected chi connectivity index (χ1v) is 3.64. The van der Waals surface area contributed by atoms with Crippen molar-refractivity contribution >= 4 is 8.45 Å². The second-order valence-corrected chi connectivity index (χ2v) is 2.65. The van der Waals surface area contributed by atoms with Gasteiger partial charge < -0.3 is 4.52 Å². The molecule has 1 saturated heterocycles. The van der Waals surface area contributed by atoms with Gasteiger partial charge in [-0.3, -0.25) is 10.6 Å². The van der Waals surface area contributed by atoms with Crippen molar-refractivity contribution < 1.29 is 4.52 Å². The molecule has 1 heterocycles. The van der Waals surface area contributed by atoms with E-state index in [0.717, 1.165) is 19.6 Å². The SMILES string of the molecule is NP1NCCCO1. The molecule has 1 rings (SSSR count). The van der Waals surface area contributed by atoms with Gasteiger partial charge in [0.25, 0.3) is 0 Å². The molecule has 3 nitrogen and oxygen atoms in total. The summed E-state index contributed by atoms with van der Waals surface area (Å²) in [6.07, 6.45) is 1.09. The van der Waals surface area contributed by atoms with E-state index in [0.29, 0.717) is 0 Å². The van der Waals surface area contributed by atoms with E-state index in [1.807, 2.05) is 0 Å². The highest BCUT2D eigenvalue weighted by molar-refractivity contribution is 7.47. The van der Waals surface area contributed by atoms with Crippen LogP contribution >= 0.6 is 8.45 Å². The molecular formula is C3H9N2OP. The highest BCUT2D eigenvalue weighted by atomic mass is 31.2. The van der Waals surface area contributed by atoms with E-state index in [2.05, 4.69) is 5.09 Å². The van der Waals surface area contributed by atoms with Gasteiger partial charge in [0.05, 0.1) is 6.61 Å². The van der Waals surface area contributed by atoms with Crippen LogP contribution in [0, 0.1) is 0 Å². The lowest BCUT2D eigenvalue weighted by atomic mass is 10.5. The van der Waals surface area contributed by atoms with E-state index in [-0.39, 0.29) is 0 Å². The highest BCUT2D eigenvalue weighted by Gasteiger charge is 2.05. The number of nitrogens with two attached hydrogens (primary N) is 1. The van der Waals surface area contributed by atoms with Crippen LogP contribution in [0.3, 0.4) is 0 Å². The molecule has 0 amide bonds. The molecule has 1 aliphatic heterocycles. The molecule has 0 radical (unpaired) electrons. The first kappa shape index (κ1) is 5.45. The Morgan fingerprint density at radius 2 is 2.57 bits per heavy atom. The van der Waals surface area contributed by atoms with E-state index in [9.17, 15) is 0 Å². The predicted octanol–water partition coefficient (Wildman–Crippen LogP) is 0.182. The summed E-state index contributed by atoms with van der Waals surface area (Å²) in [5.74, 6) is 0. The Balaban J connectivity index is 2.12. The van der Waals surface area contributed by atoms with Crippen LogP contribution < -0.4 is 10.6 Å². The smallest absolute Gasteiger partial charge is 0.179 e. The Kier molecular flexibility index (Phi) is 2.00. The van der Waals surface area contributed by atoms with Gasteiger partial charge >= 0.3 is 0 Å². The van der Waals surface area contributed by atoms with Gasteiger partial charge in [-0.25, -0.2) is 0 Å². The normalized spacial score (nSPS) is 33.0. The first-order valence-electron chi connectivity index (χ1n) is 2.31. The summed E-state index contributed by atoms with van der Waals surface area (Å²) in [6.45, 7) is 1.84. The molecule has 1 atom stereocenters. The summed E-state index contributed by atoms with van der Waals surface area (Å²) in [4.78, 5) is 0. The van der Waals surface area contributed by atoms with Crippen LogP contribution in [-0.4, -0.2) is 13.2 Å². The second kappa shape index (κ2) is 2.58. The van der Waals surface area contributed by atoms with Crippen molar-refractivity contribution in [2.24, 2.45) is 5.50 Å². The maximum Gasteiger partial charge on any atom is 0.179 e.